The summed E-state index contributed by atoms with van der Waals surface area (Å²) in [6.07, 6.45) is 0.144. The van der Waals surface area contributed by atoms with E-state index in [0.29, 0.717) is 13.0 Å². The van der Waals surface area contributed by atoms with Gasteiger partial charge in [-0.3, -0.25) is 4.79 Å². The molecule has 2 aromatic carbocycles. The number of ether oxygens (including phenoxy) is 1. The second-order valence-electron chi connectivity index (χ2n) is 7.43. The summed E-state index contributed by atoms with van der Waals surface area (Å²) in [5, 5.41) is 2.98. The van der Waals surface area contributed by atoms with Crippen LogP contribution >= 0.6 is 0 Å². The van der Waals surface area contributed by atoms with Crippen LogP contribution in [0.2, 0.25) is 0 Å². The third-order valence-corrected chi connectivity index (χ3v) is 4.38. The average Bonchev–Trinajstić information content (AvgIpc) is 2.58. The number of hydrogen-bond acceptors (Lipinski definition) is 2. The van der Waals surface area contributed by atoms with E-state index >= 15 is 0 Å². The lowest BCUT2D eigenvalue weighted by molar-refractivity contribution is -0.128. The summed E-state index contributed by atoms with van der Waals surface area (Å²) in [6.45, 7) is 11.1. The van der Waals surface area contributed by atoms with Crippen molar-refractivity contribution in [1.82, 2.24) is 5.32 Å². The van der Waals surface area contributed by atoms with Gasteiger partial charge in [0.2, 0.25) is 0 Å². The summed E-state index contributed by atoms with van der Waals surface area (Å²) < 4.78 is 5.90. The van der Waals surface area contributed by atoms with Crippen LogP contribution in [-0.2, 0) is 16.8 Å². The summed E-state index contributed by atoms with van der Waals surface area (Å²) in [5.74, 6) is 0.650. The minimum Gasteiger partial charge on any atom is -0.481 e. The van der Waals surface area contributed by atoms with Gasteiger partial charge in [-0.05, 0) is 47.6 Å². The number of nitrogens with one attached hydrogen (secondary N) is 1. The SMILES string of the molecule is CCC(Oc1ccc(C(C)(C)C)cc1)C(=O)NCc1ccccc1C. The Morgan fingerprint density at radius 1 is 1.08 bits per heavy atom. The number of benzene rings is 2. The number of hydrogen-bond donors (Lipinski definition) is 1. The highest BCUT2D eigenvalue weighted by Gasteiger charge is 2.19. The van der Waals surface area contributed by atoms with Crippen molar-refractivity contribution < 1.29 is 9.53 Å². The minimum absolute atomic E-state index is 0.0781. The van der Waals surface area contributed by atoms with Gasteiger partial charge < -0.3 is 10.1 Å². The molecule has 0 saturated carbocycles. The molecule has 0 bridgehead atoms. The first-order chi connectivity index (χ1) is 11.8. The number of amides is 1. The zero-order valence-electron chi connectivity index (χ0n) is 15.9. The van der Waals surface area contributed by atoms with Gasteiger partial charge in [0.15, 0.2) is 6.10 Å². The van der Waals surface area contributed by atoms with Crippen LogP contribution in [0.15, 0.2) is 48.5 Å². The molecule has 134 valence electrons. The van der Waals surface area contributed by atoms with Gasteiger partial charge >= 0.3 is 0 Å². The van der Waals surface area contributed by atoms with Gasteiger partial charge in [-0.15, -0.1) is 0 Å². The molecule has 0 aromatic heterocycles. The third kappa shape index (κ3) is 5.35. The van der Waals surface area contributed by atoms with Crippen LogP contribution in [-0.4, -0.2) is 12.0 Å². The molecule has 1 unspecified atom stereocenters. The van der Waals surface area contributed by atoms with Crippen molar-refractivity contribution in [2.45, 2.75) is 59.1 Å². The quantitative estimate of drug-likeness (QED) is 0.823. The molecular formula is C22H29NO2. The van der Waals surface area contributed by atoms with Gasteiger partial charge in [0, 0.05) is 6.54 Å². The lowest BCUT2D eigenvalue weighted by atomic mass is 9.87. The fourth-order valence-corrected chi connectivity index (χ4v) is 2.62. The van der Waals surface area contributed by atoms with E-state index in [2.05, 4.69) is 38.2 Å². The summed E-state index contributed by atoms with van der Waals surface area (Å²) >= 11 is 0. The zero-order chi connectivity index (χ0) is 18.4. The van der Waals surface area contributed by atoms with Crippen molar-refractivity contribution in [2.75, 3.05) is 0 Å². The van der Waals surface area contributed by atoms with E-state index in [1.807, 2.05) is 50.2 Å². The van der Waals surface area contributed by atoms with Crippen molar-refractivity contribution in [3.05, 3.63) is 65.2 Å². The first-order valence-electron chi connectivity index (χ1n) is 8.90. The number of rotatable bonds is 6. The van der Waals surface area contributed by atoms with Gasteiger partial charge in [-0.2, -0.15) is 0 Å². The summed E-state index contributed by atoms with van der Waals surface area (Å²) in [5.41, 5.74) is 3.65. The Hall–Kier alpha value is -2.29. The molecule has 0 aliphatic rings. The maximum Gasteiger partial charge on any atom is 0.261 e. The zero-order valence-corrected chi connectivity index (χ0v) is 15.9. The molecule has 0 spiro atoms. The second-order valence-corrected chi connectivity index (χ2v) is 7.43. The Morgan fingerprint density at radius 3 is 2.28 bits per heavy atom. The molecule has 3 heteroatoms. The summed E-state index contributed by atoms with van der Waals surface area (Å²) in [7, 11) is 0. The topological polar surface area (TPSA) is 38.3 Å². The van der Waals surface area contributed by atoms with Crippen molar-refractivity contribution in [3.8, 4) is 5.75 Å². The largest absolute Gasteiger partial charge is 0.481 e. The predicted octanol–water partition coefficient (Wildman–Crippen LogP) is 4.77. The fraction of sp³-hybridized carbons (Fsp3) is 0.409. The fourth-order valence-electron chi connectivity index (χ4n) is 2.62. The van der Waals surface area contributed by atoms with Crippen molar-refractivity contribution >= 4 is 5.91 Å². The average molecular weight is 339 g/mol. The van der Waals surface area contributed by atoms with E-state index < -0.39 is 6.10 Å². The Kier molecular flexibility index (Phi) is 6.24. The minimum atomic E-state index is -0.482. The number of carbonyl (C=O) groups excluding carboxylic acids is 1. The number of carbonyl (C=O) groups is 1. The van der Waals surface area contributed by atoms with Gasteiger partial charge in [-0.25, -0.2) is 0 Å². The van der Waals surface area contributed by atoms with Gasteiger partial charge in [0.05, 0.1) is 0 Å². The molecule has 1 N–H and O–H groups in total. The summed E-state index contributed by atoms with van der Waals surface area (Å²) in [6, 6.07) is 16.1. The molecule has 2 aromatic rings. The smallest absolute Gasteiger partial charge is 0.261 e. The van der Waals surface area contributed by atoms with Gasteiger partial charge in [0.25, 0.3) is 5.91 Å². The Morgan fingerprint density at radius 2 is 1.72 bits per heavy atom. The normalized spacial score (nSPS) is 12.5. The highest BCUT2D eigenvalue weighted by atomic mass is 16.5. The standard InChI is InChI=1S/C22H29NO2/c1-6-20(21(24)23-15-17-10-8-7-9-16(17)2)25-19-13-11-18(12-14-19)22(3,4)5/h7-14,20H,6,15H2,1-5H3,(H,23,24). The van der Waals surface area contributed by atoms with Crippen LogP contribution in [0.25, 0.3) is 0 Å². The highest BCUT2D eigenvalue weighted by molar-refractivity contribution is 5.81. The molecule has 1 amide bonds. The van der Waals surface area contributed by atoms with Crippen LogP contribution in [0, 0.1) is 6.92 Å². The maximum atomic E-state index is 12.5. The molecule has 25 heavy (non-hydrogen) atoms. The van der Waals surface area contributed by atoms with E-state index in [9.17, 15) is 4.79 Å². The molecule has 0 aliphatic carbocycles. The molecular weight excluding hydrogens is 310 g/mol. The third-order valence-electron chi connectivity index (χ3n) is 4.38. The number of aryl methyl sites for hydroxylation is 1. The second kappa shape index (κ2) is 8.19. The van der Waals surface area contributed by atoms with Crippen LogP contribution in [0.3, 0.4) is 0 Å². The molecule has 0 aliphatic heterocycles. The lowest BCUT2D eigenvalue weighted by Crippen LogP contribution is -2.37. The van der Waals surface area contributed by atoms with E-state index in [4.69, 9.17) is 4.74 Å². The Labute approximate surface area is 151 Å². The predicted molar refractivity (Wildman–Crippen MR) is 103 cm³/mol. The van der Waals surface area contributed by atoms with E-state index in [-0.39, 0.29) is 11.3 Å². The summed E-state index contributed by atoms with van der Waals surface area (Å²) in [4.78, 5) is 12.5. The molecule has 0 radical (unpaired) electrons. The molecule has 3 nitrogen and oxygen atoms in total. The van der Waals surface area contributed by atoms with Crippen molar-refractivity contribution in [3.63, 3.8) is 0 Å². The molecule has 0 heterocycles. The van der Waals surface area contributed by atoms with Crippen molar-refractivity contribution in [1.29, 1.82) is 0 Å². The van der Waals surface area contributed by atoms with Crippen LogP contribution in [0.1, 0.15) is 50.8 Å². The Bertz CT molecular complexity index is 699. The van der Waals surface area contributed by atoms with Crippen molar-refractivity contribution in [2.24, 2.45) is 0 Å². The first kappa shape index (κ1) is 19.0. The lowest BCUT2D eigenvalue weighted by Gasteiger charge is -2.21. The maximum absolute atomic E-state index is 12.5. The first-order valence-corrected chi connectivity index (χ1v) is 8.90. The van der Waals surface area contributed by atoms with Crippen LogP contribution in [0.5, 0.6) is 5.75 Å². The van der Waals surface area contributed by atoms with E-state index in [0.717, 1.165) is 11.3 Å². The molecule has 0 saturated heterocycles. The van der Waals surface area contributed by atoms with Crippen LogP contribution < -0.4 is 10.1 Å². The Balaban J connectivity index is 1.97. The molecule has 2 rings (SSSR count). The van der Waals surface area contributed by atoms with E-state index in [1.54, 1.807) is 0 Å². The van der Waals surface area contributed by atoms with Gasteiger partial charge in [0.1, 0.15) is 5.75 Å². The monoisotopic (exact) mass is 339 g/mol. The van der Waals surface area contributed by atoms with Crippen LogP contribution in [0.4, 0.5) is 0 Å². The molecule has 1 atom stereocenters. The molecule has 0 fully saturated rings. The highest BCUT2D eigenvalue weighted by Crippen LogP contribution is 2.25. The van der Waals surface area contributed by atoms with Gasteiger partial charge in [-0.1, -0.05) is 64.1 Å². The van der Waals surface area contributed by atoms with E-state index in [1.165, 1.54) is 11.1 Å².